The van der Waals surface area contributed by atoms with Crippen molar-refractivity contribution >= 4 is 0 Å². The number of nitrogens with one attached hydrogen (secondary N) is 1. The SMILES string of the molecule is CCOc1ccc(-n2cc[nH]c2=O)cc1F. The molecule has 0 saturated heterocycles. The van der Waals surface area contributed by atoms with Crippen molar-refractivity contribution in [2.75, 3.05) is 6.61 Å². The highest BCUT2D eigenvalue weighted by atomic mass is 19.1. The molecule has 0 bridgehead atoms. The number of ether oxygens (including phenoxy) is 1. The van der Waals surface area contributed by atoms with Crippen LogP contribution in [0.4, 0.5) is 4.39 Å². The number of imidazole rings is 1. The molecule has 0 amide bonds. The monoisotopic (exact) mass is 222 g/mol. The van der Waals surface area contributed by atoms with E-state index in [-0.39, 0.29) is 11.4 Å². The Morgan fingerprint density at radius 3 is 2.88 bits per heavy atom. The smallest absolute Gasteiger partial charge is 0.330 e. The molecule has 0 radical (unpaired) electrons. The molecule has 0 fully saturated rings. The summed E-state index contributed by atoms with van der Waals surface area (Å²) in [5.41, 5.74) is 0.163. The summed E-state index contributed by atoms with van der Waals surface area (Å²) in [5.74, 6) is -0.290. The lowest BCUT2D eigenvalue weighted by Crippen LogP contribution is -2.14. The van der Waals surface area contributed by atoms with E-state index in [0.29, 0.717) is 12.3 Å². The largest absolute Gasteiger partial charge is 0.491 e. The van der Waals surface area contributed by atoms with E-state index in [1.807, 2.05) is 0 Å². The lowest BCUT2D eigenvalue weighted by molar-refractivity contribution is 0.321. The molecule has 5 heteroatoms. The van der Waals surface area contributed by atoms with Crippen molar-refractivity contribution in [3.05, 3.63) is 46.9 Å². The van der Waals surface area contributed by atoms with Gasteiger partial charge in [-0.3, -0.25) is 4.57 Å². The third-order valence-corrected chi connectivity index (χ3v) is 2.14. The Labute approximate surface area is 91.3 Å². The van der Waals surface area contributed by atoms with E-state index < -0.39 is 5.82 Å². The van der Waals surface area contributed by atoms with Gasteiger partial charge in [0.05, 0.1) is 12.3 Å². The molecule has 0 spiro atoms. The van der Waals surface area contributed by atoms with Gasteiger partial charge < -0.3 is 9.72 Å². The minimum atomic E-state index is -0.479. The minimum Gasteiger partial charge on any atom is -0.491 e. The van der Waals surface area contributed by atoms with Crippen LogP contribution in [0.25, 0.3) is 5.69 Å². The summed E-state index contributed by atoms with van der Waals surface area (Å²) in [7, 11) is 0. The molecule has 0 aliphatic rings. The zero-order valence-corrected chi connectivity index (χ0v) is 8.74. The van der Waals surface area contributed by atoms with Gasteiger partial charge in [-0.15, -0.1) is 0 Å². The average Bonchev–Trinajstić information content (AvgIpc) is 2.68. The Balaban J connectivity index is 2.42. The summed E-state index contributed by atoms with van der Waals surface area (Å²) in [5, 5.41) is 0. The van der Waals surface area contributed by atoms with Gasteiger partial charge in [-0.2, -0.15) is 0 Å². The molecule has 2 rings (SSSR count). The summed E-state index contributed by atoms with van der Waals surface area (Å²) in [6.07, 6.45) is 3.04. The van der Waals surface area contributed by atoms with Crippen LogP contribution in [0.5, 0.6) is 5.75 Å². The van der Waals surface area contributed by atoms with Crippen LogP contribution in [0, 0.1) is 5.82 Å². The van der Waals surface area contributed by atoms with Crippen molar-refractivity contribution in [1.82, 2.24) is 9.55 Å². The van der Waals surface area contributed by atoms with Gasteiger partial charge in [0, 0.05) is 18.5 Å². The maximum Gasteiger partial charge on any atom is 0.330 e. The van der Waals surface area contributed by atoms with Crippen molar-refractivity contribution in [2.24, 2.45) is 0 Å². The minimum absolute atomic E-state index is 0.190. The second kappa shape index (κ2) is 4.22. The van der Waals surface area contributed by atoms with E-state index in [1.54, 1.807) is 13.0 Å². The van der Waals surface area contributed by atoms with E-state index >= 15 is 0 Å². The molecule has 1 heterocycles. The van der Waals surface area contributed by atoms with Gasteiger partial charge in [0.2, 0.25) is 0 Å². The van der Waals surface area contributed by atoms with Crippen LogP contribution in [0.1, 0.15) is 6.92 Å². The van der Waals surface area contributed by atoms with Gasteiger partial charge in [0.25, 0.3) is 0 Å². The zero-order chi connectivity index (χ0) is 11.5. The highest BCUT2D eigenvalue weighted by molar-refractivity contribution is 5.38. The number of hydrogen-bond donors (Lipinski definition) is 1. The number of rotatable bonds is 3. The van der Waals surface area contributed by atoms with Crippen molar-refractivity contribution in [3.8, 4) is 11.4 Å². The second-order valence-electron chi connectivity index (χ2n) is 3.18. The number of halogens is 1. The number of H-pyrrole nitrogens is 1. The molecule has 4 nitrogen and oxygen atoms in total. The first-order valence-corrected chi connectivity index (χ1v) is 4.91. The van der Waals surface area contributed by atoms with Gasteiger partial charge in [0.1, 0.15) is 0 Å². The molecule has 84 valence electrons. The van der Waals surface area contributed by atoms with E-state index in [9.17, 15) is 9.18 Å². The standard InChI is InChI=1S/C11H11FN2O2/c1-2-16-10-4-3-8(7-9(10)12)14-6-5-13-11(14)15/h3-7H,2H2,1H3,(H,13,15). The van der Waals surface area contributed by atoms with E-state index in [0.717, 1.165) is 0 Å². The summed E-state index contributed by atoms with van der Waals surface area (Å²) < 4.78 is 19.9. The lowest BCUT2D eigenvalue weighted by atomic mass is 10.3. The third kappa shape index (κ3) is 1.84. The molecule has 1 N–H and O–H groups in total. The normalized spacial score (nSPS) is 10.4. The van der Waals surface area contributed by atoms with Crippen LogP contribution in [0.3, 0.4) is 0 Å². The molecule has 0 saturated carbocycles. The maximum absolute atomic E-state index is 13.5. The molecule has 0 aliphatic carbocycles. The van der Waals surface area contributed by atoms with Gasteiger partial charge in [0.15, 0.2) is 11.6 Å². The summed E-state index contributed by atoms with van der Waals surface area (Å²) in [6.45, 7) is 2.18. The second-order valence-corrected chi connectivity index (χ2v) is 3.18. The predicted octanol–water partition coefficient (Wildman–Crippen LogP) is 1.70. The summed E-state index contributed by atoms with van der Waals surface area (Å²) in [6, 6.07) is 4.40. The summed E-state index contributed by atoms with van der Waals surface area (Å²) >= 11 is 0. The molecule has 0 atom stereocenters. The molecule has 0 aliphatic heterocycles. The fourth-order valence-electron chi connectivity index (χ4n) is 1.44. The molecule has 2 aromatic rings. The van der Waals surface area contributed by atoms with Crippen molar-refractivity contribution < 1.29 is 9.13 Å². The average molecular weight is 222 g/mol. The molecule has 16 heavy (non-hydrogen) atoms. The van der Waals surface area contributed by atoms with Crippen LogP contribution in [-0.2, 0) is 0 Å². The number of aromatic amines is 1. The molecule has 1 aromatic heterocycles. The van der Waals surface area contributed by atoms with E-state index in [1.165, 1.54) is 29.1 Å². The first-order valence-electron chi connectivity index (χ1n) is 4.91. The topological polar surface area (TPSA) is 47.0 Å². The number of nitrogens with zero attached hydrogens (tertiary/aromatic N) is 1. The maximum atomic E-state index is 13.5. The number of hydrogen-bond acceptors (Lipinski definition) is 2. The Morgan fingerprint density at radius 1 is 1.50 bits per heavy atom. The number of benzene rings is 1. The molecular weight excluding hydrogens is 211 g/mol. The van der Waals surface area contributed by atoms with Gasteiger partial charge in [-0.05, 0) is 19.1 Å². The fourth-order valence-corrected chi connectivity index (χ4v) is 1.44. The third-order valence-electron chi connectivity index (χ3n) is 2.14. The van der Waals surface area contributed by atoms with E-state index in [4.69, 9.17) is 4.74 Å². The molecule has 0 unspecified atom stereocenters. The van der Waals surface area contributed by atoms with Crippen LogP contribution in [0.2, 0.25) is 0 Å². The van der Waals surface area contributed by atoms with E-state index in [2.05, 4.69) is 4.98 Å². The highest BCUT2D eigenvalue weighted by Crippen LogP contribution is 2.19. The van der Waals surface area contributed by atoms with Gasteiger partial charge >= 0.3 is 5.69 Å². The van der Waals surface area contributed by atoms with Gasteiger partial charge in [-0.25, -0.2) is 9.18 Å². The quantitative estimate of drug-likeness (QED) is 0.859. The molecular formula is C11H11FN2O2. The van der Waals surface area contributed by atoms with Crippen molar-refractivity contribution in [2.45, 2.75) is 6.92 Å². The lowest BCUT2D eigenvalue weighted by Gasteiger charge is -2.06. The Hall–Kier alpha value is -2.04. The highest BCUT2D eigenvalue weighted by Gasteiger charge is 2.06. The first kappa shape index (κ1) is 10.5. The van der Waals surface area contributed by atoms with Crippen molar-refractivity contribution in [3.63, 3.8) is 0 Å². The van der Waals surface area contributed by atoms with Crippen molar-refractivity contribution in [1.29, 1.82) is 0 Å². The Kier molecular flexibility index (Phi) is 2.76. The Bertz CT molecular complexity index is 545. The Morgan fingerprint density at radius 2 is 2.31 bits per heavy atom. The van der Waals surface area contributed by atoms with Crippen LogP contribution < -0.4 is 10.4 Å². The van der Waals surface area contributed by atoms with Crippen LogP contribution in [0.15, 0.2) is 35.4 Å². The first-order chi connectivity index (χ1) is 7.72. The van der Waals surface area contributed by atoms with Crippen LogP contribution in [-0.4, -0.2) is 16.2 Å². The molecule has 1 aromatic carbocycles. The fraction of sp³-hybridized carbons (Fsp3) is 0.182. The predicted molar refractivity (Wildman–Crippen MR) is 57.5 cm³/mol. The zero-order valence-electron chi connectivity index (χ0n) is 8.74. The number of aromatic nitrogens is 2. The summed E-state index contributed by atoms with van der Waals surface area (Å²) in [4.78, 5) is 13.8. The van der Waals surface area contributed by atoms with Gasteiger partial charge in [-0.1, -0.05) is 0 Å². The van der Waals surface area contributed by atoms with Crippen LogP contribution >= 0.6 is 0 Å².